The molecule has 2 aromatic rings. The van der Waals surface area contributed by atoms with Crippen molar-refractivity contribution in [3.8, 4) is 5.75 Å². The first-order chi connectivity index (χ1) is 14.9. The maximum absolute atomic E-state index is 14.3. The van der Waals surface area contributed by atoms with Crippen LogP contribution in [0.5, 0.6) is 5.75 Å². The molecule has 170 valence electrons. The number of hydrogen-bond donors (Lipinski definition) is 2. The van der Waals surface area contributed by atoms with Gasteiger partial charge < -0.3 is 20.5 Å². The first-order valence-corrected chi connectivity index (χ1v) is 9.32. The van der Waals surface area contributed by atoms with E-state index in [9.17, 15) is 31.5 Å². The minimum Gasteiger partial charge on any atom is -0.493 e. The van der Waals surface area contributed by atoms with Gasteiger partial charge >= 0.3 is 6.18 Å². The summed E-state index contributed by atoms with van der Waals surface area (Å²) in [5.41, 5.74) is 0.926. The number of primary amides is 1. The molecule has 2 heterocycles. The molecule has 3 atom stereocenters. The number of hydrogen-bond acceptors (Lipinski definition) is 5. The second-order valence-corrected chi connectivity index (χ2v) is 7.59. The molecular weight excluding hydrogens is 441 g/mol. The zero-order valence-electron chi connectivity index (χ0n) is 16.4. The summed E-state index contributed by atoms with van der Waals surface area (Å²) in [6, 6.07) is 4.23. The Morgan fingerprint density at radius 1 is 1.25 bits per heavy atom. The molecule has 7 nitrogen and oxygen atoms in total. The van der Waals surface area contributed by atoms with Gasteiger partial charge in [-0.3, -0.25) is 14.6 Å². The number of amides is 2. The van der Waals surface area contributed by atoms with Gasteiger partial charge in [-0.2, -0.15) is 17.6 Å². The van der Waals surface area contributed by atoms with Crippen LogP contribution in [0, 0.1) is 17.6 Å². The van der Waals surface area contributed by atoms with E-state index in [0.29, 0.717) is 0 Å². The number of aromatic nitrogens is 1. The van der Waals surface area contributed by atoms with E-state index in [1.165, 1.54) is 12.3 Å². The SMILES string of the molecule is COc1c(C23C[C@@H](C(F)(F)F)CC2(C(=O)Nc2ccnc(C(N)=O)c2)O3)ccc(F)c1F. The molecule has 1 aliphatic carbocycles. The lowest BCUT2D eigenvalue weighted by molar-refractivity contribution is -0.182. The fraction of sp³-hybridized carbons (Fsp3) is 0.350. The summed E-state index contributed by atoms with van der Waals surface area (Å²) in [4.78, 5) is 28.1. The summed E-state index contributed by atoms with van der Waals surface area (Å²) in [5.74, 6) is -7.06. The molecule has 1 saturated heterocycles. The predicted octanol–water partition coefficient (Wildman–Crippen LogP) is 3.04. The molecule has 0 radical (unpaired) electrons. The van der Waals surface area contributed by atoms with Gasteiger partial charge in [0.1, 0.15) is 11.3 Å². The van der Waals surface area contributed by atoms with E-state index in [-0.39, 0.29) is 16.9 Å². The Hall–Kier alpha value is -3.28. The molecule has 3 N–H and O–H groups in total. The van der Waals surface area contributed by atoms with Crippen molar-refractivity contribution in [2.45, 2.75) is 30.2 Å². The number of anilines is 1. The third-order valence-corrected chi connectivity index (χ3v) is 5.82. The fourth-order valence-electron chi connectivity index (χ4n) is 4.31. The quantitative estimate of drug-likeness (QED) is 0.530. The second-order valence-electron chi connectivity index (χ2n) is 7.59. The molecule has 1 aromatic carbocycles. The molecule has 4 rings (SSSR count). The van der Waals surface area contributed by atoms with Crippen LogP contribution in [0.2, 0.25) is 0 Å². The molecule has 2 aliphatic rings. The molecule has 2 amide bonds. The smallest absolute Gasteiger partial charge is 0.392 e. The summed E-state index contributed by atoms with van der Waals surface area (Å²) in [7, 11) is 1.03. The molecule has 0 spiro atoms. The standard InChI is InChI=1S/C20H16F5N3O4/c1-31-15-11(2-3-12(21)14(15)22)18-7-9(20(23,24)25)8-19(18,32-18)17(30)28-10-4-5-27-13(6-10)16(26)29/h2-6,9H,7-8H2,1H3,(H2,26,29)(H,27,28,30)/t9-,18?,19?/m1/s1. The van der Waals surface area contributed by atoms with E-state index in [4.69, 9.17) is 15.2 Å². The van der Waals surface area contributed by atoms with Crippen LogP contribution in [0.15, 0.2) is 30.5 Å². The van der Waals surface area contributed by atoms with Crippen LogP contribution < -0.4 is 15.8 Å². The van der Waals surface area contributed by atoms with Crippen molar-refractivity contribution in [1.29, 1.82) is 0 Å². The first kappa shape index (κ1) is 21.9. The Morgan fingerprint density at radius 3 is 2.59 bits per heavy atom. The lowest BCUT2D eigenvalue weighted by atomic mass is 9.87. The van der Waals surface area contributed by atoms with Crippen LogP contribution in [0.25, 0.3) is 0 Å². The molecule has 0 bridgehead atoms. The lowest BCUT2D eigenvalue weighted by Crippen LogP contribution is -2.35. The van der Waals surface area contributed by atoms with Gasteiger partial charge in [-0.1, -0.05) is 0 Å². The second kappa shape index (κ2) is 7.12. The van der Waals surface area contributed by atoms with Crippen molar-refractivity contribution in [2.24, 2.45) is 11.7 Å². The average Bonchev–Trinajstić information content (AvgIpc) is 3.25. The van der Waals surface area contributed by atoms with E-state index in [1.54, 1.807) is 0 Å². The molecule has 2 fully saturated rings. The Kier molecular flexibility index (Phi) is 4.88. The molecule has 2 unspecified atom stereocenters. The largest absolute Gasteiger partial charge is 0.493 e. The zero-order valence-corrected chi connectivity index (χ0v) is 16.4. The maximum Gasteiger partial charge on any atom is 0.392 e. The van der Waals surface area contributed by atoms with Crippen LogP contribution in [-0.4, -0.2) is 35.7 Å². The van der Waals surface area contributed by atoms with Gasteiger partial charge in [0.05, 0.1) is 13.0 Å². The number of nitrogens with two attached hydrogens (primary N) is 1. The van der Waals surface area contributed by atoms with Gasteiger partial charge in [0.15, 0.2) is 17.2 Å². The third kappa shape index (κ3) is 3.17. The number of carbonyl (C=O) groups is 2. The van der Waals surface area contributed by atoms with E-state index in [1.807, 2.05) is 0 Å². The zero-order chi connectivity index (χ0) is 23.5. The number of nitrogens with zero attached hydrogens (tertiary/aromatic N) is 1. The molecule has 1 aromatic heterocycles. The van der Waals surface area contributed by atoms with Crippen molar-refractivity contribution in [2.75, 3.05) is 12.4 Å². The number of alkyl halides is 3. The number of epoxide rings is 1. The topological polar surface area (TPSA) is 107 Å². The van der Waals surface area contributed by atoms with Crippen LogP contribution in [0.3, 0.4) is 0 Å². The van der Waals surface area contributed by atoms with E-state index in [0.717, 1.165) is 25.3 Å². The highest BCUT2D eigenvalue weighted by atomic mass is 19.4. The number of fused-ring (bicyclic) bond motifs is 1. The van der Waals surface area contributed by atoms with Gasteiger partial charge in [0.25, 0.3) is 11.8 Å². The van der Waals surface area contributed by atoms with Gasteiger partial charge in [-0.25, -0.2) is 4.39 Å². The van der Waals surface area contributed by atoms with Crippen molar-refractivity contribution >= 4 is 17.5 Å². The van der Waals surface area contributed by atoms with E-state index >= 15 is 0 Å². The van der Waals surface area contributed by atoms with Crippen LogP contribution in [0.4, 0.5) is 27.6 Å². The number of ether oxygens (including phenoxy) is 2. The predicted molar refractivity (Wildman–Crippen MR) is 98.6 cm³/mol. The lowest BCUT2D eigenvalue weighted by Gasteiger charge is -2.19. The molecule has 1 aliphatic heterocycles. The number of halogens is 5. The Bertz CT molecular complexity index is 1120. The summed E-state index contributed by atoms with van der Waals surface area (Å²) >= 11 is 0. The summed E-state index contributed by atoms with van der Waals surface area (Å²) < 4.78 is 79.2. The molecule has 32 heavy (non-hydrogen) atoms. The van der Waals surface area contributed by atoms with Crippen molar-refractivity contribution < 1.29 is 41.0 Å². The molecule has 12 heteroatoms. The van der Waals surface area contributed by atoms with Crippen LogP contribution >= 0.6 is 0 Å². The highest BCUT2D eigenvalue weighted by molar-refractivity contribution is 6.02. The molecular formula is C20H16F5N3O4. The Morgan fingerprint density at radius 2 is 1.97 bits per heavy atom. The fourth-order valence-corrected chi connectivity index (χ4v) is 4.31. The van der Waals surface area contributed by atoms with E-state index in [2.05, 4.69) is 10.3 Å². The molecule has 1 saturated carbocycles. The van der Waals surface area contributed by atoms with Gasteiger partial charge in [0, 0.05) is 23.9 Å². The van der Waals surface area contributed by atoms with Gasteiger partial charge in [-0.15, -0.1) is 0 Å². The Labute approximate surface area is 177 Å². The Balaban J connectivity index is 1.75. The van der Waals surface area contributed by atoms with Crippen molar-refractivity contribution in [1.82, 2.24) is 4.98 Å². The number of carbonyl (C=O) groups excluding carboxylic acids is 2. The number of benzene rings is 1. The number of pyridine rings is 1. The van der Waals surface area contributed by atoms with Crippen molar-refractivity contribution in [3.05, 3.63) is 53.4 Å². The van der Waals surface area contributed by atoms with Gasteiger partial charge in [0.2, 0.25) is 5.82 Å². The van der Waals surface area contributed by atoms with Gasteiger partial charge in [-0.05, 0) is 30.7 Å². The maximum atomic E-state index is 14.3. The summed E-state index contributed by atoms with van der Waals surface area (Å²) in [6.07, 6.45) is -4.90. The highest BCUT2D eigenvalue weighted by Crippen LogP contribution is 2.71. The minimum absolute atomic E-state index is 0.0466. The minimum atomic E-state index is -4.65. The average molecular weight is 457 g/mol. The summed E-state index contributed by atoms with van der Waals surface area (Å²) in [5, 5.41) is 2.40. The van der Waals surface area contributed by atoms with Crippen molar-refractivity contribution in [3.63, 3.8) is 0 Å². The highest BCUT2D eigenvalue weighted by Gasteiger charge is 2.82. The van der Waals surface area contributed by atoms with Crippen LogP contribution in [0.1, 0.15) is 28.9 Å². The first-order valence-electron chi connectivity index (χ1n) is 9.32. The normalized spacial score (nSPS) is 26.4. The monoisotopic (exact) mass is 457 g/mol. The number of rotatable bonds is 5. The van der Waals surface area contributed by atoms with E-state index < -0.39 is 65.3 Å². The number of methoxy groups -OCH3 is 1. The number of nitrogens with one attached hydrogen (secondary N) is 1. The summed E-state index contributed by atoms with van der Waals surface area (Å²) in [6.45, 7) is 0. The third-order valence-electron chi connectivity index (χ3n) is 5.82. The van der Waals surface area contributed by atoms with Crippen LogP contribution in [-0.2, 0) is 15.1 Å².